The molecule has 1 fully saturated rings. The van der Waals surface area contributed by atoms with Crippen molar-refractivity contribution in [3.63, 3.8) is 0 Å². The fourth-order valence-corrected chi connectivity index (χ4v) is 4.04. The first-order valence-electron chi connectivity index (χ1n) is 8.65. The molecule has 0 aromatic heterocycles. The molecule has 144 valence electrons. The third kappa shape index (κ3) is 4.43. The minimum absolute atomic E-state index is 0.0707. The Labute approximate surface area is 173 Å². The standard InChI is InChI=1S/C21H19NO4S2/c1-13-5-3-8-17(14(13)2)22-20(25)18(28-21(22)27)12-15-6-4-7-16(11-15)26-10-9-19(23)24/h3-8,11-12H,9-10H2,1-2H3,(H,23,24)/b18-12+. The molecule has 1 aliphatic rings. The molecule has 0 unspecified atom stereocenters. The van der Waals surface area contributed by atoms with E-state index in [4.69, 9.17) is 22.1 Å². The highest BCUT2D eigenvalue weighted by atomic mass is 32.2. The highest BCUT2D eigenvalue weighted by Gasteiger charge is 2.34. The number of rotatable bonds is 6. The Kier molecular flexibility index (Phi) is 6.16. The van der Waals surface area contributed by atoms with Crippen molar-refractivity contribution in [2.75, 3.05) is 11.5 Å². The number of benzene rings is 2. The number of thioether (sulfide) groups is 1. The van der Waals surface area contributed by atoms with Gasteiger partial charge in [-0.25, -0.2) is 0 Å². The summed E-state index contributed by atoms with van der Waals surface area (Å²) < 4.78 is 5.95. The van der Waals surface area contributed by atoms with Gasteiger partial charge in [-0.15, -0.1) is 0 Å². The highest BCUT2D eigenvalue weighted by Crippen LogP contribution is 2.38. The monoisotopic (exact) mass is 413 g/mol. The Morgan fingerprint density at radius 1 is 1.25 bits per heavy atom. The van der Waals surface area contributed by atoms with E-state index in [1.165, 1.54) is 11.8 Å². The molecule has 3 rings (SSSR count). The molecule has 2 aromatic carbocycles. The first kappa shape index (κ1) is 20.1. The predicted octanol–water partition coefficient (Wildman–Crippen LogP) is 4.56. The molecule has 0 bridgehead atoms. The number of anilines is 1. The maximum atomic E-state index is 13.0. The van der Waals surface area contributed by atoms with Gasteiger partial charge in [0.05, 0.1) is 23.6 Å². The quantitative estimate of drug-likeness (QED) is 0.553. The zero-order valence-electron chi connectivity index (χ0n) is 15.5. The number of hydrogen-bond acceptors (Lipinski definition) is 5. The number of carboxylic acids is 1. The van der Waals surface area contributed by atoms with Crippen molar-refractivity contribution < 1.29 is 19.4 Å². The summed E-state index contributed by atoms with van der Waals surface area (Å²) in [6.45, 7) is 4.07. The van der Waals surface area contributed by atoms with E-state index in [-0.39, 0.29) is 18.9 Å². The van der Waals surface area contributed by atoms with E-state index in [1.54, 1.807) is 29.2 Å². The van der Waals surface area contributed by atoms with E-state index in [0.717, 1.165) is 22.4 Å². The van der Waals surface area contributed by atoms with E-state index in [0.29, 0.717) is 15.0 Å². The minimum Gasteiger partial charge on any atom is -0.493 e. The zero-order valence-corrected chi connectivity index (χ0v) is 17.1. The number of carbonyl (C=O) groups is 2. The van der Waals surface area contributed by atoms with Crippen molar-refractivity contribution >= 4 is 51.9 Å². The number of aryl methyl sites for hydroxylation is 1. The molecule has 0 radical (unpaired) electrons. The van der Waals surface area contributed by atoms with Gasteiger partial charge in [-0.1, -0.05) is 48.2 Å². The van der Waals surface area contributed by atoms with Gasteiger partial charge in [0, 0.05) is 0 Å². The summed E-state index contributed by atoms with van der Waals surface area (Å²) in [7, 11) is 0. The molecule has 1 aliphatic heterocycles. The second kappa shape index (κ2) is 8.58. The van der Waals surface area contributed by atoms with Crippen LogP contribution in [0, 0.1) is 13.8 Å². The average Bonchev–Trinajstić information content (AvgIpc) is 2.91. The van der Waals surface area contributed by atoms with Gasteiger partial charge in [-0.05, 0) is 54.8 Å². The number of aliphatic carboxylic acids is 1. The third-order valence-electron chi connectivity index (χ3n) is 4.35. The van der Waals surface area contributed by atoms with Crippen LogP contribution >= 0.6 is 24.0 Å². The molecule has 0 spiro atoms. The normalized spacial score (nSPS) is 15.4. The molecule has 0 aliphatic carbocycles. The largest absolute Gasteiger partial charge is 0.493 e. The van der Waals surface area contributed by atoms with Crippen molar-refractivity contribution in [1.82, 2.24) is 0 Å². The van der Waals surface area contributed by atoms with Gasteiger partial charge in [-0.2, -0.15) is 0 Å². The first-order valence-corrected chi connectivity index (χ1v) is 9.88. The van der Waals surface area contributed by atoms with Crippen molar-refractivity contribution in [2.24, 2.45) is 0 Å². The Bertz CT molecular complexity index is 984. The number of amides is 1. The maximum Gasteiger partial charge on any atom is 0.306 e. The number of thiocarbonyl (C=S) groups is 1. The van der Waals surface area contributed by atoms with Gasteiger partial charge in [0.25, 0.3) is 5.91 Å². The lowest BCUT2D eigenvalue weighted by atomic mass is 10.1. The van der Waals surface area contributed by atoms with E-state index in [1.807, 2.05) is 38.1 Å². The number of hydrogen-bond donors (Lipinski definition) is 1. The molecule has 7 heteroatoms. The highest BCUT2D eigenvalue weighted by molar-refractivity contribution is 8.27. The Morgan fingerprint density at radius 3 is 2.75 bits per heavy atom. The molecular weight excluding hydrogens is 394 g/mol. The minimum atomic E-state index is -0.911. The lowest BCUT2D eigenvalue weighted by Crippen LogP contribution is -2.28. The number of carboxylic acid groups (broad SMARTS) is 1. The molecule has 1 N–H and O–H groups in total. The van der Waals surface area contributed by atoms with Crippen LogP contribution in [0.4, 0.5) is 5.69 Å². The number of carbonyl (C=O) groups excluding carboxylic acids is 1. The van der Waals surface area contributed by atoms with Crippen LogP contribution < -0.4 is 9.64 Å². The van der Waals surface area contributed by atoms with Gasteiger partial charge < -0.3 is 9.84 Å². The lowest BCUT2D eigenvalue weighted by molar-refractivity contribution is -0.137. The van der Waals surface area contributed by atoms with Crippen LogP contribution in [0.5, 0.6) is 5.75 Å². The van der Waals surface area contributed by atoms with Crippen LogP contribution in [-0.4, -0.2) is 27.9 Å². The fourth-order valence-electron chi connectivity index (χ4n) is 2.75. The van der Waals surface area contributed by atoms with Crippen LogP contribution in [-0.2, 0) is 9.59 Å². The van der Waals surface area contributed by atoms with E-state index < -0.39 is 5.97 Å². The summed E-state index contributed by atoms with van der Waals surface area (Å²) in [5.74, 6) is -0.507. The maximum absolute atomic E-state index is 13.0. The summed E-state index contributed by atoms with van der Waals surface area (Å²) in [6, 6.07) is 13.0. The molecule has 1 amide bonds. The SMILES string of the molecule is Cc1cccc(N2C(=O)/C(=C\c3cccc(OCCC(=O)O)c3)SC2=S)c1C. The molecule has 28 heavy (non-hydrogen) atoms. The van der Waals surface area contributed by atoms with Gasteiger partial charge in [0.2, 0.25) is 0 Å². The van der Waals surface area contributed by atoms with Crippen molar-refractivity contribution in [3.8, 4) is 5.75 Å². The fraction of sp³-hybridized carbons (Fsp3) is 0.190. The van der Waals surface area contributed by atoms with Crippen LogP contribution in [0.25, 0.3) is 6.08 Å². The summed E-state index contributed by atoms with van der Waals surface area (Å²) in [5, 5.41) is 8.70. The van der Waals surface area contributed by atoms with Gasteiger partial charge in [-0.3, -0.25) is 14.5 Å². The second-order valence-electron chi connectivity index (χ2n) is 6.30. The molecule has 0 saturated carbocycles. The van der Waals surface area contributed by atoms with Crippen molar-refractivity contribution in [1.29, 1.82) is 0 Å². The first-order chi connectivity index (χ1) is 13.4. The topological polar surface area (TPSA) is 66.8 Å². The lowest BCUT2D eigenvalue weighted by Gasteiger charge is -2.18. The van der Waals surface area contributed by atoms with Gasteiger partial charge in [0.1, 0.15) is 5.75 Å². The number of ether oxygens (including phenoxy) is 1. The summed E-state index contributed by atoms with van der Waals surface area (Å²) in [4.78, 5) is 25.7. The van der Waals surface area contributed by atoms with Gasteiger partial charge in [0.15, 0.2) is 4.32 Å². The smallest absolute Gasteiger partial charge is 0.306 e. The van der Waals surface area contributed by atoms with E-state index >= 15 is 0 Å². The summed E-state index contributed by atoms with van der Waals surface area (Å²) >= 11 is 6.71. The zero-order chi connectivity index (χ0) is 20.3. The molecule has 1 heterocycles. The summed E-state index contributed by atoms with van der Waals surface area (Å²) in [6.07, 6.45) is 1.70. The van der Waals surface area contributed by atoms with Crippen molar-refractivity contribution in [3.05, 3.63) is 64.1 Å². The Morgan fingerprint density at radius 2 is 2.00 bits per heavy atom. The molecule has 5 nitrogen and oxygen atoms in total. The van der Waals surface area contributed by atoms with E-state index in [2.05, 4.69) is 0 Å². The summed E-state index contributed by atoms with van der Waals surface area (Å²) in [5.41, 5.74) is 3.71. The predicted molar refractivity (Wildman–Crippen MR) is 116 cm³/mol. The Balaban J connectivity index is 1.82. The molecule has 2 aromatic rings. The number of nitrogens with zero attached hydrogens (tertiary/aromatic N) is 1. The molecule has 0 atom stereocenters. The second-order valence-corrected chi connectivity index (χ2v) is 7.98. The van der Waals surface area contributed by atoms with Crippen LogP contribution in [0.1, 0.15) is 23.1 Å². The van der Waals surface area contributed by atoms with Crippen LogP contribution in [0.3, 0.4) is 0 Å². The van der Waals surface area contributed by atoms with Crippen LogP contribution in [0.15, 0.2) is 47.4 Å². The van der Waals surface area contributed by atoms with Crippen molar-refractivity contribution in [2.45, 2.75) is 20.3 Å². The van der Waals surface area contributed by atoms with Crippen LogP contribution in [0.2, 0.25) is 0 Å². The van der Waals surface area contributed by atoms with Gasteiger partial charge >= 0.3 is 5.97 Å². The average molecular weight is 414 g/mol. The molecular formula is C21H19NO4S2. The van der Waals surface area contributed by atoms with E-state index in [9.17, 15) is 9.59 Å². The third-order valence-corrected chi connectivity index (χ3v) is 5.65. The Hall–Kier alpha value is -2.64. The molecule has 1 saturated heterocycles.